The molecule has 0 saturated heterocycles. The molecule has 0 bridgehead atoms. The molecule has 3 nitrogen and oxygen atoms in total. The van der Waals surface area contributed by atoms with Crippen molar-refractivity contribution in [1.82, 2.24) is 9.38 Å². The molecule has 5 heteroatoms. The second-order valence-electron chi connectivity index (χ2n) is 7.48. The Morgan fingerprint density at radius 2 is 2.22 bits per heavy atom. The molecule has 1 atom stereocenters. The third-order valence-corrected chi connectivity index (χ3v) is 7.06. The number of aromatic nitrogens is 2. The maximum absolute atomic E-state index is 6.10. The molecule has 23 heavy (non-hydrogen) atoms. The second-order valence-corrected chi connectivity index (χ2v) is 9.49. The van der Waals surface area contributed by atoms with Gasteiger partial charge in [-0.2, -0.15) is 0 Å². The quantitative estimate of drug-likeness (QED) is 0.729. The van der Waals surface area contributed by atoms with Crippen molar-refractivity contribution in [3.63, 3.8) is 0 Å². The van der Waals surface area contributed by atoms with Gasteiger partial charge in [0, 0.05) is 17.1 Å². The van der Waals surface area contributed by atoms with Crippen molar-refractivity contribution < 1.29 is 0 Å². The molecule has 122 valence electrons. The fourth-order valence-electron chi connectivity index (χ4n) is 3.66. The zero-order chi connectivity index (χ0) is 16.2. The first-order chi connectivity index (χ1) is 11.0. The van der Waals surface area contributed by atoms with E-state index in [-0.39, 0.29) is 0 Å². The summed E-state index contributed by atoms with van der Waals surface area (Å²) in [6, 6.07) is 4.22. The van der Waals surface area contributed by atoms with Crippen molar-refractivity contribution in [2.24, 2.45) is 17.1 Å². The Bertz CT molecular complexity index is 834. The lowest BCUT2D eigenvalue weighted by Gasteiger charge is -2.33. The minimum atomic E-state index is 0.378. The number of hydrogen-bond acceptors (Lipinski definition) is 4. The number of aryl methyl sites for hydroxylation is 1. The summed E-state index contributed by atoms with van der Waals surface area (Å²) in [5, 5.41) is 2.10. The summed E-state index contributed by atoms with van der Waals surface area (Å²) in [7, 11) is 0. The van der Waals surface area contributed by atoms with E-state index >= 15 is 0 Å². The van der Waals surface area contributed by atoms with Crippen molar-refractivity contribution in [2.45, 2.75) is 46.6 Å². The predicted molar refractivity (Wildman–Crippen MR) is 99.2 cm³/mol. The van der Waals surface area contributed by atoms with Crippen LogP contribution >= 0.6 is 22.7 Å². The van der Waals surface area contributed by atoms with Crippen LogP contribution < -0.4 is 5.73 Å². The fourth-order valence-corrected chi connectivity index (χ4v) is 5.66. The maximum Gasteiger partial charge on any atom is 0.195 e. The number of fused-ring (bicyclic) bond motifs is 3. The van der Waals surface area contributed by atoms with Crippen molar-refractivity contribution in [3.8, 4) is 10.6 Å². The summed E-state index contributed by atoms with van der Waals surface area (Å²) in [5.74, 6) is 0.761. The second kappa shape index (κ2) is 5.43. The zero-order valence-corrected chi connectivity index (χ0v) is 15.6. The summed E-state index contributed by atoms with van der Waals surface area (Å²) in [4.78, 5) is 8.79. The van der Waals surface area contributed by atoms with E-state index < -0.39 is 0 Å². The molecular weight excluding hydrogens is 322 g/mol. The van der Waals surface area contributed by atoms with Crippen LogP contribution in [0.5, 0.6) is 0 Å². The van der Waals surface area contributed by atoms with Gasteiger partial charge in [-0.1, -0.05) is 26.8 Å². The first-order valence-electron chi connectivity index (χ1n) is 8.25. The average Bonchev–Trinajstić information content (AvgIpc) is 3.19. The van der Waals surface area contributed by atoms with Crippen LogP contribution in [-0.2, 0) is 19.4 Å². The van der Waals surface area contributed by atoms with Gasteiger partial charge in [-0.3, -0.25) is 4.40 Å². The lowest BCUT2D eigenvalue weighted by Crippen LogP contribution is -2.26. The van der Waals surface area contributed by atoms with Crippen molar-refractivity contribution in [1.29, 1.82) is 0 Å². The largest absolute Gasteiger partial charge is 0.325 e. The van der Waals surface area contributed by atoms with Gasteiger partial charge in [-0.15, -0.1) is 22.7 Å². The summed E-state index contributed by atoms with van der Waals surface area (Å²) < 4.78 is 2.36. The number of rotatable bonds is 2. The van der Waals surface area contributed by atoms with Crippen LogP contribution in [0, 0.1) is 11.3 Å². The van der Waals surface area contributed by atoms with Crippen LogP contribution in [0.4, 0.5) is 0 Å². The number of nitrogens with two attached hydrogens (primary N) is 1. The molecule has 1 unspecified atom stereocenters. The fraction of sp³-hybridized carbons (Fsp3) is 0.500. The summed E-state index contributed by atoms with van der Waals surface area (Å²) in [6.07, 6.45) is 3.59. The Labute approximate surface area is 145 Å². The van der Waals surface area contributed by atoms with E-state index in [4.69, 9.17) is 10.7 Å². The Hall–Kier alpha value is -1.17. The highest BCUT2D eigenvalue weighted by Crippen LogP contribution is 2.42. The standard InChI is InChI=1S/C18H23N3S2/c1-18(2,3)11-6-7-12-15(9-11)23-17-20-16(13(10-19)21(12)17)14-5-4-8-22-14/h4-5,8,11H,6-7,9-10,19H2,1-3H3. The Morgan fingerprint density at radius 3 is 2.87 bits per heavy atom. The monoisotopic (exact) mass is 345 g/mol. The molecule has 4 rings (SSSR count). The Balaban J connectivity index is 1.82. The van der Waals surface area contributed by atoms with Crippen LogP contribution in [0.2, 0.25) is 0 Å². The molecule has 0 radical (unpaired) electrons. The highest BCUT2D eigenvalue weighted by Gasteiger charge is 2.32. The van der Waals surface area contributed by atoms with Crippen LogP contribution in [0.1, 0.15) is 43.5 Å². The third-order valence-electron chi connectivity index (χ3n) is 5.08. The van der Waals surface area contributed by atoms with Crippen LogP contribution in [0.3, 0.4) is 0 Å². The SMILES string of the molecule is CC(C)(C)C1CCc2c(sc3nc(-c4cccs4)c(CN)n23)C1. The van der Waals surface area contributed by atoms with E-state index in [1.807, 2.05) is 11.3 Å². The molecular formula is C18H23N3S2. The molecule has 0 amide bonds. The van der Waals surface area contributed by atoms with E-state index in [2.05, 4.69) is 42.7 Å². The summed E-state index contributed by atoms with van der Waals surface area (Å²) >= 11 is 3.61. The van der Waals surface area contributed by atoms with E-state index in [0.717, 1.165) is 23.0 Å². The zero-order valence-electron chi connectivity index (χ0n) is 13.9. The highest BCUT2D eigenvalue weighted by molar-refractivity contribution is 7.17. The van der Waals surface area contributed by atoms with E-state index in [9.17, 15) is 0 Å². The van der Waals surface area contributed by atoms with E-state index in [1.54, 1.807) is 11.3 Å². The average molecular weight is 346 g/mol. The molecule has 0 aromatic carbocycles. The third kappa shape index (κ3) is 2.46. The van der Waals surface area contributed by atoms with Gasteiger partial charge < -0.3 is 5.73 Å². The Kier molecular flexibility index (Phi) is 3.63. The predicted octanol–water partition coefficient (Wildman–Crippen LogP) is 4.73. The van der Waals surface area contributed by atoms with Crippen molar-refractivity contribution in [2.75, 3.05) is 0 Å². The number of imidazole rings is 1. The van der Waals surface area contributed by atoms with Crippen molar-refractivity contribution >= 4 is 27.6 Å². The number of thiophene rings is 1. The molecule has 0 saturated carbocycles. The molecule has 0 fully saturated rings. The van der Waals surface area contributed by atoms with Gasteiger partial charge in [0.25, 0.3) is 0 Å². The number of thiazole rings is 1. The van der Waals surface area contributed by atoms with E-state index in [1.165, 1.54) is 34.0 Å². The highest BCUT2D eigenvalue weighted by atomic mass is 32.1. The lowest BCUT2D eigenvalue weighted by atomic mass is 9.73. The van der Waals surface area contributed by atoms with Gasteiger partial charge in [0.2, 0.25) is 0 Å². The normalized spacial score (nSPS) is 18.5. The van der Waals surface area contributed by atoms with Gasteiger partial charge in [-0.25, -0.2) is 4.98 Å². The smallest absolute Gasteiger partial charge is 0.195 e. The molecule has 2 N–H and O–H groups in total. The van der Waals surface area contributed by atoms with Crippen LogP contribution in [0.25, 0.3) is 15.5 Å². The molecule has 1 aliphatic carbocycles. The van der Waals surface area contributed by atoms with Gasteiger partial charge in [0.15, 0.2) is 4.96 Å². The minimum absolute atomic E-state index is 0.378. The molecule has 3 heterocycles. The first kappa shape index (κ1) is 15.4. The number of hydrogen-bond donors (Lipinski definition) is 1. The summed E-state index contributed by atoms with van der Waals surface area (Å²) in [5.41, 5.74) is 10.2. The van der Waals surface area contributed by atoms with Gasteiger partial charge in [0.1, 0.15) is 5.69 Å². The maximum atomic E-state index is 6.10. The van der Waals surface area contributed by atoms with Gasteiger partial charge in [0.05, 0.1) is 10.6 Å². The Morgan fingerprint density at radius 1 is 1.39 bits per heavy atom. The van der Waals surface area contributed by atoms with Gasteiger partial charge in [-0.05, 0) is 42.0 Å². The molecule has 1 aliphatic rings. The topological polar surface area (TPSA) is 43.3 Å². The summed E-state index contributed by atoms with van der Waals surface area (Å²) in [6.45, 7) is 7.63. The van der Waals surface area contributed by atoms with Crippen molar-refractivity contribution in [3.05, 3.63) is 33.8 Å². The number of nitrogens with zero attached hydrogens (tertiary/aromatic N) is 2. The van der Waals surface area contributed by atoms with Gasteiger partial charge >= 0.3 is 0 Å². The van der Waals surface area contributed by atoms with E-state index in [0.29, 0.717) is 12.0 Å². The minimum Gasteiger partial charge on any atom is -0.325 e. The van der Waals surface area contributed by atoms with Crippen LogP contribution in [-0.4, -0.2) is 9.38 Å². The molecule has 0 aliphatic heterocycles. The molecule has 3 aromatic heterocycles. The first-order valence-corrected chi connectivity index (χ1v) is 9.94. The molecule has 0 spiro atoms. The lowest BCUT2D eigenvalue weighted by molar-refractivity contribution is 0.216. The molecule has 3 aromatic rings. The van der Waals surface area contributed by atoms with Crippen LogP contribution in [0.15, 0.2) is 17.5 Å².